The maximum absolute atomic E-state index is 13.4. The van der Waals surface area contributed by atoms with Crippen LogP contribution >= 0.6 is 11.3 Å². The van der Waals surface area contributed by atoms with E-state index in [0.717, 1.165) is 16.9 Å². The molecule has 0 spiro atoms. The van der Waals surface area contributed by atoms with Crippen LogP contribution in [0.5, 0.6) is 0 Å². The Morgan fingerprint density at radius 1 is 1.06 bits per heavy atom. The molecule has 1 heterocycles. The second kappa shape index (κ2) is 10.4. The number of nitrogens with one attached hydrogen (secondary N) is 1. The first-order valence-corrected chi connectivity index (χ1v) is 11.3. The monoisotopic (exact) mass is 482 g/mol. The highest BCUT2D eigenvalue weighted by atomic mass is 32.1. The van der Waals surface area contributed by atoms with Gasteiger partial charge in [0.15, 0.2) is 5.57 Å². The summed E-state index contributed by atoms with van der Waals surface area (Å²) in [4.78, 5) is 37.0. The van der Waals surface area contributed by atoms with Gasteiger partial charge in [0, 0.05) is 18.7 Å². The first kappa shape index (κ1) is 23.4. The third kappa shape index (κ3) is 5.24. The van der Waals surface area contributed by atoms with Crippen molar-refractivity contribution < 1.29 is 9.72 Å². The summed E-state index contributed by atoms with van der Waals surface area (Å²) in [7, 11) is 0. The average Bonchev–Trinajstić information content (AvgIpc) is 3.19. The van der Waals surface area contributed by atoms with Gasteiger partial charge in [0.1, 0.15) is 10.7 Å². The van der Waals surface area contributed by atoms with Crippen LogP contribution in [0.4, 0.5) is 5.69 Å². The summed E-state index contributed by atoms with van der Waals surface area (Å²) >= 11 is 0.977. The number of amides is 1. The molecule has 0 aliphatic rings. The van der Waals surface area contributed by atoms with Crippen LogP contribution in [0.15, 0.2) is 89.7 Å². The fourth-order valence-corrected chi connectivity index (χ4v) is 4.51. The Labute approximate surface area is 203 Å². The van der Waals surface area contributed by atoms with Gasteiger partial charge >= 0.3 is 0 Å². The van der Waals surface area contributed by atoms with Crippen molar-refractivity contribution in [2.75, 3.05) is 0 Å². The summed E-state index contributed by atoms with van der Waals surface area (Å²) in [6.45, 7) is 0.221. The summed E-state index contributed by atoms with van der Waals surface area (Å²) in [6.07, 6.45) is 1.51. The van der Waals surface area contributed by atoms with Crippen molar-refractivity contribution in [3.05, 3.63) is 126 Å². The van der Waals surface area contributed by atoms with Crippen LogP contribution < -0.4 is 20.1 Å². The van der Waals surface area contributed by atoms with Gasteiger partial charge in [-0.2, -0.15) is 5.26 Å². The van der Waals surface area contributed by atoms with Gasteiger partial charge in [0.25, 0.3) is 17.2 Å². The van der Waals surface area contributed by atoms with E-state index in [1.54, 1.807) is 36.4 Å². The van der Waals surface area contributed by atoms with Crippen LogP contribution in [0, 0.1) is 21.4 Å². The Hall–Kier alpha value is -4.81. The number of carbonyl (C=O) groups is 1. The number of hydrogen-bond donors (Lipinski definition) is 1. The molecular weight excluding hydrogens is 464 g/mol. The van der Waals surface area contributed by atoms with E-state index >= 15 is 0 Å². The molecule has 35 heavy (non-hydrogen) atoms. The maximum Gasteiger partial charge on any atom is 0.273 e. The SMILES string of the molecule is N#CC(C(=O)NCc1ccccc1)=c1sc(=Cc2cccc([N+](=O)[O-])c2)c(=O)n1-c1ccccc1. The molecule has 1 amide bonds. The van der Waals surface area contributed by atoms with Gasteiger partial charge in [-0.3, -0.25) is 24.3 Å². The van der Waals surface area contributed by atoms with Crippen molar-refractivity contribution in [1.29, 1.82) is 5.26 Å². The molecule has 0 saturated heterocycles. The molecule has 4 aromatic rings. The van der Waals surface area contributed by atoms with Gasteiger partial charge in [-0.05, 0) is 29.3 Å². The number of benzene rings is 3. The Kier molecular flexibility index (Phi) is 6.95. The number of nitro groups is 1. The molecule has 0 unspecified atom stereocenters. The van der Waals surface area contributed by atoms with Gasteiger partial charge in [0.05, 0.1) is 15.1 Å². The molecule has 0 aliphatic carbocycles. The minimum absolute atomic E-state index is 0.108. The predicted octanol–water partition coefficient (Wildman–Crippen LogP) is 2.63. The summed E-state index contributed by atoms with van der Waals surface area (Å²) in [6, 6.07) is 25.8. The number of hydrogen-bond acceptors (Lipinski definition) is 6. The third-order valence-corrected chi connectivity index (χ3v) is 6.16. The Bertz CT molecular complexity index is 1620. The fourth-order valence-electron chi connectivity index (χ4n) is 3.40. The number of aromatic nitrogens is 1. The number of carbonyl (C=O) groups excluding carboxylic acids is 1. The number of nitrogens with zero attached hydrogens (tertiary/aromatic N) is 3. The molecule has 8 nitrogen and oxygen atoms in total. The quantitative estimate of drug-likeness (QED) is 0.335. The molecular formula is C26H18N4O4S. The second-order valence-corrected chi connectivity index (χ2v) is 8.43. The van der Waals surface area contributed by atoms with E-state index in [2.05, 4.69) is 5.32 Å². The Morgan fingerprint density at radius 2 is 1.74 bits per heavy atom. The normalized spacial score (nSPS) is 12.0. The summed E-state index contributed by atoms with van der Waals surface area (Å²) in [5.74, 6) is -0.607. The van der Waals surface area contributed by atoms with Crippen molar-refractivity contribution in [1.82, 2.24) is 9.88 Å². The molecule has 0 fully saturated rings. The van der Waals surface area contributed by atoms with E-state index in [1.807, 2.05) is 36.4 Å². The van der Waals surface area contributed by atoms with E-state index in [9.17, 15) is 25.0 Å². The maximum atomic E-state index is 13.4. The number of non-ortho nitro benzene ring substituents is 1. The number of rotatable bonds is 6. The molecule has 3 aromatic carbocycles. The van der Waals surface area contributed by atoms with Gasteiger partial charge in [0.2, 0.25) is 0 Å². The molecule has 9 heteroatoms. The Morgan fingerprint density at radius 3 is 2.40 bits per heavy atom. The second-order valence-electron chi connectivity index (χ2n) is 7.40. The fraction of sp³-hybridized carbons (Fsp3) is 0.0385. The molecule has 0 aliphatic heterocycles. The van der Waals surface area contributed by atoms with E-state index in [1.165, 1.54) is 28.8 Å². The highest BCUT2D eigenvalue weighted by Gasteiger charge is 2.17. The van der Waals surface area contributed by atoms with E-state index in [4.69, 9.17) is 0 Å². The first-order valence-electron chi connectivity index (χ1n) is 10.5. The van der Waals surface area contributed by atoms with Crippen LogP contribution in [0.2, 0.25) is 0 Å². The van der Waals surface area contributed by atoms with Crippen LogP contribution in [0.25, 0.3) is 17.3 Å². The van der Waals surface area contributed by atoms with Crippen molar-refractivity contribution in [2.45, 2.75) is 6.54 Å². The molecule has 0 radical (unpaired) electrons. The van der Waals surface area contributed by atoms with Crippen molar-refractivity contribution in [2.24, 2.45) is 0 Å². The van der Waals surface area contributed by atoms with Crippen LogP contribution in [0.1, 0.15) is 11.1 Å². The van der Waals surface area contributed by atoms with Crippen LogP contribution in [0.3, 0.4) is 0 Å². The average molecular weight is 483 g/mol. The molecule has 1 aromatic heterocycles. The lowest BCUT2D eigenvalue weighted by Gasteiger charge is -2.06. The number of para-hydroxylation sites is 1. The third-order valence-electron chi connectivity index (χ3n) is 5.07. The Balaban J connectivity index is 1.88. The van der Waals surface area contributed by atoms with Crippen LogP contribution in [-0.4, -0.2) is 15.4 Å². The standard InChI is InChI=1S/C26H18N4O4S/c27-16-22(24(31)28-17-18-8-3-1-4-9-18)26-29(20-11-5-2-6-12-20)25(32)23(35-26)15-19-10-7-13-21(14-19)30(33)34/h1-15H,17H2,(H,28,31). The lowest BCUT2D eigenvalue weighted by atomic mass is 10.2. The number of nitro benzene ring substituents is 1. The van der Waals surface area contributed by atoms with Gasteiger partial charge in [-0.25, -0.2) is 0 Å². The van der Waals surface area contributed by atoms with Crippen LogP contribution in [-0.2, 0) is 11.3 Å². The predicted molar refractivity (Wildman–Crippen MR) is 133 cm³/mol. The highest BCUT2D eigenvalue weighted by Crippen LogP contribution is 2.13. The summed E-state index contributed by atoms with van der Waals surface area (Å²) in [5.41, 5.74) is 1.06. The zero-order valence-electron chi connectivity index (χ0n) is 18.3. The molecule has 0 atom stereocenters. The smallest absolute Gasteiger partial charge is 0.273 e. The van der Waals surface area contributed by atoms with Gasteiger partial charge < -0.3 is 5.32 Å². The number of nitriles is 1. The topological polar surface area (TPSA) is 118 Å². The lowest BCUT2D eigenvalue weighted by Crippen LogP contribution is -2.33. The molecule has 4 rings (SSSR count). The minimum Gasteiger partial charge on any atom is -0.347 e. The van der Waals surface area contributed by atoms with Crippen molar-refractivity contribution in [3.63, 3.8) is 0 Å². The zero-order valence-corrected chi connectivity index (χ0v) is 19.1. The largest absolute Gasteiger partial charge is 0.347 e. The molecule has 0 saturated carbocycles. The van der Waals surface area contributed by atoms with E-state index in [0.29, 0.717) is 11.3 Å². The van der Waals surface area contributed by atoms with Crippen molar-refractivity contribution in [3.8, 4) is 11.8 Å². The highest BCUT2D eigenvalue weighted by molar-refractivity contribution is 7.07. The van der Waals surface area contributed by atoms with E-state index < -0.39 is 16.4 Å². The van der Waals surface area contributed by atoms with Gasteiger partial charge in [-0.1, -0.05) is 60.7 Å². The summed E-state index contributed by atoms with van der Waals surface area (Å²) in [5, 5.41) is 23.7. The molecule has 1 N–H and O–H groups in total. The minimum atomic E-state index is -0.607. The molecule has 0 bridgehead atoms. The molecule has 172 valence electrons. The summed E-state index contributed by atoms with van der Waals surface area (Å²) < 4.78 is 1.72. The first-order chi connectivity index (χ1) is 17.0. The van der Waals surface area contributed by atoms with Crippen molar-refractivity contribution >= 4 is 34.6 Å². The lowest BCUT2D eigenvalue weighted by molar-refractivity contribution is -0.384. The van der Waals surface area contributed by atoms with E-state index in [-0.39, 0.29) is 27.0 Å². The van der Waals surface area contributed by atoms with Gasteiger partial charge in [-0.15, -0.1) is 11.3 Å². The number of thiazole rings is 1. The zero-order chi connectivity index (χ0) is 24.8.